The van der Waals surface area contributed by atoms with Crippen LogP contribution in [0.15, 0.2) is 36.4 Å². The van der Waals surface area contributed by atoms with Crippen LogP contribution in [0.1, 0.15) is 18.1 Å². The summed E-state index contributed by atoms with van der Waals surface area (Å²) in [6.45, 7) is 3.40. The second-order valence-corrected chi connectivity index (χ2v) is 6.54. The van der Waals surface area contributed by atoms with E-state index in [2.05, 4.69) is 5.32 Å². The normalized spacial score (nSPS) is 12.0. The second kappa shape index (κ2) is 8.16. The van der Waals surface area contributed by atoms with Crippen molar-refractivity contribution in [1.82, 2.24) is 10.2 Å². The molecule has 0 saturated heterocycles. The molecule has 0 fully saturated rings. The van der Waals surface area contributed by atoms with Crippen LogP contribution in [-0.2, 0) is 13.1 Å². The number of carbonyl (C=O) groups is 1. The molecule has 0 spiro atoms. The van der Waals surface area contributed by atoms with Crippen LogP contribution in [0.5, 0.6) is 11.5 Å². The zero-order valence-electron chi connectivity index (χ0n) is 15.8. The van der Waals surface area contributed by atoms with Crippen molar-refractivity contribution in [1.29, 1.82) is 0 Å². The molecule has 2 amide bonds. The van der Waals surface area contributed by atoms with Crippen molar-refractivity contribution < 1.29 is 18.7 Å². The molecule has 1 aliphatic rings. The van der Waals surface area contributed by atoms with Crippen molar-refractivity contribution in [3.05, 3.63) is 53.3 Å². The molecule has 1 N–H and O–H groups in total. The molecule has 0 saturated carbocycles. The standard InChI is InChI=1S/C20H24FN3O3/c1-4-24(12-15-6-8-18-19(10-15)27-13-26-18)20(25)22-11-14-5-7-17(23(2)3)16(21)9-14/h5-10H,4,11-13H2,1-3H3,(H,22,25). The molecule has 6 nitrogen and oxygen atoms in total. The molecule has 0 unspecified atom stereocenters. The van der Waals surface area contributed by atoms with E-state index in [0.29, 0.717) is 30.1 Å². The molecular formula is C20H24FN3O3. The van der Waals surface area contributed by atoms with Gasteiger partial charge in [0.05, 0.1) is 5.69 Å². The summed E-state index contributed by atoms with van der Waals surface area (Å²) in [7, 11) is 3.57. The highest BCUT2D eigenvalue weighted by molar-refractivity contribution is 5.74. The molecule has 2 aromatic rings. The van der Waals surface area contributed by atoms with Gasteiger partial charge in [-0.2, -0.15) is 0 Å². The summed E-state index contributed by atoms with van der Waals surface area (Å²) in [5.41, 5.74) is 2.19. The summed E-state index contributed by atoms with van der Waals surface area (Å²) in [6, 6.07) is 10.4. The summed E-state index contributed by atoms with van der Waals surface area (Å²) in [5, 5.41) is 2.85. The first-order valence-electron chi connectivity index (χ1n) is 8.85. The predicted octanol–water partition coefficient (Wildman–Crippen LogP) is 3.35. The number of anilines is 1. The molecule has 0 bridgehead atoms. The van der Waals surface area contributed by atoms with Crippen LogP contribution in [0.3, 0.4) is 0 Å². The highest BCUT2D eigenvalue weighted by Gasteiger charge is 2.16. The van der Waals surface area contributed by atoms with Gasteiger partial charge in [0, 0.05) is 33.7 Å². The Morgan fingerprint density at radius 2 is 1.85 bits per heavy atom. The molecule has 27 heavy (non-hydrogen) atoms. The van der Waals surface area contributed by atoms with E-state index in [1.807, 2.05) is 31.2 Å². The molecule has 0 aliphatic carbocycles. The lowest BCUT2D eigenvalue weighted by Gasteiger charge is -2.22. The number of hydrogen-bond donors (Lipinski definition) is 1. The average molecular weight is 373 g/mol. The van der Waals surface area contributed by atoms with E-state index in [-0.39, 0.29) is 25.2 Å². The van der Waals surface area contributed by atoms with Crippen molar-refractivity contribution in [2.24, 2.45) is 0 Å². The van der Waals surface area contributed by atoms with Crippen LogP contribution in [0.2, 0.25) is 0 Å². The summed E-state index contributed by atoms with van der Waals surface area (Å²) in [4.78, 5) is 15.9. The topological polar surface area (TPSA) is 54.0 Å². The van der Waals surface area contributed by atoms with Crippen molar-refractivity contribution >= 4 is 11.7 Å². The van der Waals surface area contributed by atoms with Gasteiger partial charge in [-0.05, 0) is 42.3 Å². The van der Waals surface area contributed by atoms with Crippen molar-refractivity contribution in [2.45, 2.75) is 20.0 Å². The maximum Gasteiger partial charge on any atom is 0.317 e. The lowest BCUT2D eigenvalue weighted by Crippen LogP contribution is -2.39. The first kappa shape index (κ1) is 18.8. The van der Waals surface area contributed by atoms with Crippen LogP contribution in [-0.4, -0.2) is 38.4 Å². The van der Waals surface area contributed by atoms with Crippen molar-refractivity contribution in [3.63, 3.8) is 0 Å². The monoisotopic (exact) mass is 373 g/mol. The Hall–Kier alpha value is -2.96. The summed E-state index contributed by atoms with van der Waals surface area (Å²) in [6.07, 6.45) is 0. The first-order valence-corrected chi connectivity index (χ1v) is 8.85. The third-order valence-electron chi connectivity index (χ3n) is 4.42. The fourth-order valence-corrected chi connectivity index (χ4v) is 2.90. The van der Waals surface area contributed by atoms with Crippen LogP contribution in [0.25, 0.3) is 0 Å². The molecule has 144 valence electrons. The Kier molecular flexibility index (Phi) is 5.69. The van der Waals surface area contributed by atoms with Crippen LogP contribution in [0, 0.1) is 5.82 Å². The van der Waals surface area contributed by atoms with Gasteiger partial charge in [0.2, 0.25) is 6.79 Å². The van der Waals surface area contributed by atoms with E-state index in [0.717, 1.165) is 11.3 Å². The molecule has 3 rings (SSSR count). The summed E-state index contributed by atoms with van der Waals surface area (Å²) >= 11 is 0. The van der Waals surface area contributed by atoms with Crippen molar-refractivity contribution in [3.8, 4) is 11.5 Å². The van der Waals surface area contributed by atoms with Gasteiger partial charge in [-0.15, -0.1) is 0 Å². The van der Waals surface area contributed by atoms with Gasteiger partial charge in [-0.25, -0.2) is 9.18 Å². The molecule has 2 aromatic carbocycles. The molecule has 0 radical (unpaired) electrons. The number of halogens is 1. The zero-order chi connectivity index (χ0) is 19.4. The molecular weight excluding hydrogens is 349 g/mol. The highest BCUT2D eigenvalue weighted by atomic mass is 19.1. The van der Waals surface area contributed by atoms with Gasteiger partial charge in [-0.1, -0.05) is 12.1 Å². The minimum atomic E-state index is -0.306. The number of ether oxygens (including phenoxy) is 2. The number of hydrogen-bond acceptors (Lipinski definition) is 4. The summed E-state index contributed by atoms with van der Waals surface area (Å²) < 4.78 is 24.7. The van der Waals surface area contributed by atoms with E-state index in [9.17, 15) is 9.18 Å². The van der Waals surface area contributed by atoms with E-state index < -0.39 is 0 Å². The fraction of sp³-hybridized carbons (Fsp3) is 0.350. The summed E-state index contributed by atoms with van der Waals surface area (Å²) in [5.74, 6) is 1.11. The minimum Gasteiger partial charge on any atom is -0.454 e. The van der Waals surface area contributed by atoms with Crippen LogP contribution < -0.4 is 19.7 Å². The van der Waals surface area contributed by atoms with Gasteiger partial charge < -0.3 is 24.6 Å². The van der Waals surface area contributed by atoms with Gasteiger partial charge in [0.1, 0.15) is 5.82 Å². The maximum absolute atomic E-state index is 14.1. The Morgan fingerprint density at radius 3 is 2.56 bits per heavy atom. The highest BCUT2D eigenvalue weighted by Crippen LogP contribution is 2.32. The first-order chi connectivity index (χ1) is 13.0. The molecule has 1 heterocycles. The lowest BCUT2D eigenvalue weighted by molar-refractivity contribution is 0.173. The molecule has 7 heteroatoms. The van der Waals surface area contributed by atoms with Crippen LogP contribution >= 0.6 is 0 Å². The number of nitrogens with zero attached hydrogens (tertiary/aromatic N) is 2. The Bertz CT molecular complexity index is 826. The third-order valence-corrected chi connectivity index (χ3v) is 4.42. The maximum atomic E-state index is 14.1. The predicted molar refractivity (Wildman–Crippen MR) is 102 cm³/mol. The van der Waals surface area contributed by atoms with Gasteiger partial charge in [0.15, 0.2) is 11.5 Å². The number of amides is 2. The molecule has 1 aliphatic heterocycles. The Balaban J connectivity index is 1.59. The Labute approximate surface area is 158 Å². The third kappa shape index (κ3) is 4.42. The fourth-order valence-electron chi connectivity index (χ4n) is 2.90. The van der Waals surface area contributed by atoms with Crippen LogP contribution in [0.4, 0.5) is 14.9 Å². The average Bonchev–Trinajstić information content (AvgIpc) is 3.11. The Morgan fingerprint density at radius 1 is 1.11 bits per heavy atom. The number of carbonyl (C=O) groups excluding carboxylic acids is 1. The van der Waals surface area contributed by atoms with Gasteiger partial charge in [0.25, 0.3) is 0 Å². The van der Waals surface area contributed by atoms with E-state index in [4.69, 9.17) is 9.47 Å². The van der Waals surface area contributed by atoms with E-state index in [1.54, 1.807) is 30.0 Å². The lowest BCUT2D eigenvalue weighted by atomic mass is 10.2. The van der Waals surface area contributed by atoms with Crippen molar-refractivity contribution in [2.75, 3.05) is 32.3 Å². The van der Waals surface area contributed by atoms with Gasteiger partial charge in [-0.3, -0.25) is 0 Å². The molecule has 0 atom stereocenters. The quantitative estimate of drug-likeness (QED) is 0.844. The number of benzene rings is 2. The number of fused-ring (bicyclic) bond motifs is 1. The minimum absolute atomic E-state index is 0.202. The SMILES string of the molecule is CCN(Cc1ccc2c(c1)OCO2)C(=O)NCc1ccc(N(C)C)c(F)c1. The second-order valence-electron chi connectivity index (χ2n) is 6.54. The van der Waals surface area contributed by atoms with E-state index >= 15 is 0 Å². The zero-order valence-corrected chi connectivity index (χ0v) is 15.8. The smallest absolute Gasteiger partial charge is 0.317 e. The molecule has 0 aromatic heterocycles. The van der Waals surface area contributed by atoms with E-state index in [1.165, 1.54) is 6.07 Å². The largest absolute Gasteiger partial charge is 0.454 e. The number of rotatable bonds is 6. The van der Waals surface area contributed by atoms with Gasteiger partial charge >= 0.3 is 6.03 Å². The number of nitrogens with one attached hydrogen (secondary N) is 1. The number of urea groups is 1.